The van der Waals surface area contributed by atoms with Crippen molar-refractivity contribution in [3.63, 3.8) is 0 Å². The van der Waals surface area contributed by atoms with Crippen LogP contribution >= 0.6 is 0 Å². The number of imidazole rings is 1. The van der Waals surface area contributed by atoms with Gasteiger partial charge in [0.05, 0.1) is 24.8 Å². The number of carbonyl (C=O) groups excluding carboxylic acids is 1. The Morgan fingerprint density at radius 3 is 2.14 bits per heavy atom. The molecule has 0 atom stereocenters. The van der Waals surface area contributed by atoms with Crippen molar-refractivity contribution >= 4 is 5.78 Å². The molecule has 0 bridgehead atoms. The van der Waals surface area contributed by atoms with Crippen LogP contribution in [0.15, 0.2) is 79.3 Å². The molecule has 0 amide bonds. The first-order valence-corrected chi connectivity index (χ1v) is 9.15. The van der Waals surface area contributed by atoms with Crippen LogP contribution in [0.5, 0.6) is 5.75 Å². The van der Waals surface area contributed by atoms with Crippen LogP contribution in [0.2, 0.25) is 0 Å². The highest BCUT2D eigenvalue weighted by Crippen LogP contribution is 2.26. The van der Waals surface area contributed by atoms with Crippen LogP contribution in [0.3, 0.4) is 0 Å². The Hall–Kier alpha value is -3.73. The molecule has 0 aliphatic carbocycles. The van der Waals surface area contributed by atoms with Gasteiger partial charge in [-0.2, -0.15) is 0 Å². The third-order valence-corrected chi connectivity index (χ3v) is 4.76. The van der Waals surface area contributed by atoms with Gasteiger partial charge in [0.2, 0.25) is 0 Å². The van der Waals surface area contributed by atoms with Crippen molar-refractivity contribution in [2.45, 2.75) is 6.92 Å². The number of halogens is 1. The molecule has 1 aromatic heterocycles. The molecule has 144 valence electrons. The largest absolute Gasteiger partial charge is 0.495 e. The van der Waals surface area contributed by atoms with Gasteiger partial charge in [-0.05, 0) is 48.4 Å². The minimum absolute atomic E-state index is 0.0951. The topological polar surface area (TPSA) is 44.1 Å². The predicted octanol–water partition coefficient (Wildman–Crippen LogP) is 5.23. The van der Waals surface area contributed by atoms with Crippen LogP contribution in [0, 0.1) is 12.7 Å². The maximum absolute atomic E-state index is 13.1. The summed E-state index contributed by atoms with van der Waals surface area (Å²) in [5, 5.41) is 0. The number of hydrogen-bond acceptors (Lipinski definition) is 3. The Balaban J connectivity index is 1.61. The summed E-state index contributed by atoms with van der Waals surface area (Å²) in [6.45, 7) is 1.91. The van der Waals surface area contributed by atoms with Gasteiger partial charge in [-0.3, -0.25) is 4.79 Å². The first kappa shape index (κ1) is 18.6. The van der Waals surface area contributed by atoms with Gasteiger partial charge >= 0.3 is 0 Å². The number of aromatic nitrogens is 2. The standard InChI is InChI=1S/C24H19FN2O2/c1-16-14-27(15-26-16)22-12-9-20(13-23(22)29-2)24(28)19-5-3-17(4-6-19)18-7-10-21(25)11-8-18/h3-15H,1-2H3. The number of rotatable bonds is 5. The van der Waals surface area contributed by atoms with Crippen molar-refractivity contribution in [3.8, 4) is 22.6 Å². The van der Waals surface area contributed by atoms with E-state index in [9.17, 15) is 9.18 Å². The zero-order chi connectivity index (χ0) is 20.4. The molecule has 0 saturated heterocycles. The van der Waals surface area contributed by atoms with Gasteiger partial charge in [-0.1, -0.05) is 36.4 Å². The number of benzene rings is 3. The SMILES string of the molecule is COc1cc(C(=O)c2ccc(-c3ccc(F)cc3)cc2)ccc1-n1cnc(C)c1. The molecule has 1 heterocycles. The number of aryl methyl sites for hydroxylation is 1. The molecule has 5 heteroatoms. The Morgan fingerprint density at radius 1 is 0.931 bits per heavy atom. The lowest BCUT2D eigenvalue weighted by atomic mass is 9.99. The average molecular weight is 386 g/mol. The van der Waals surface area contributed by atoms with E-state index in [1.807, 2.05) is 35.9 Å². The first-order chi connectivity index (χ1) is 14.0. The zero-order valence-electron chi connectivity index (χ0n) is 16.1. The lowest BCUT2D eigenvalue weighted by molar-refractivity contribution is 0.103. The number of ether oxygens (including phenoxy) is 1. The molecular formula is C24H19FN2O2. The normalized spacial score (nSPS) is 10.7. The second-order valence-electron chi connectivity index (χ2n) is 6.72. The molecule has 0 fully saturated rings. The van der Waals surface area contributed by atoms with Crippen LogP contribution in [0.25, 0.3) is 16.8 Å². The molecular weight excluding hydrogens is 367 g/mol. The molecule has 0 N–H and O–H groups in total. The fourth-order valence-electron chi connectivity index (χ4n) is 3.21. The van der Waals surface area contributed by atoms with E-state index < -0.39 is 0 Å². The Labute approximate surface area is 168 Å². The van der Waals surface area contributed by atoms with E-state index in [1.165, 1.54) is 12.1 Å². The minimum Gasteiger partial charge on any atom is -0.495 e. The van der Waals surface area contributed by atoms with Gasteiger partial charge in [0.15, 0.2) is 5.78 Å². The van der Waals surface area contributed by atoms with Crippen LogP contribution in [0.4, 0.5) is 4.39 Å². The molecule has 3 aromatic carbocycles. The second-order valence-corrected chi connectivity index (χ2v) is 6.72. The van der Waals surface area contributed by atoms with Crippen molar-refractivity contribution in [2.24, 2.45) is 0 Å². The number of ketones is 1. The van der Waals surface area contributed by atoms with Crippen LogP contribution in [-0.4, -0.2) is 22.4 Å². The first-order valence-electron chi connectivity index (χ1n) is 9.15. The summed E-state index contributed by atoms with van der Waals surface area (Å²) in [4.78, 5) is 17.2. The summed E-state index contributed by atoms with van der Waals surface area (Å²) in [7, 11) is 1.58. The van der Waals surface area contributed by atoms with E-state index in [2.05, 4.69) is 4.98 Å². The van der Waals surface area contributed by atoms with Gasteiger partial charge in [0.25, 0.3) is 0 Å². The molecule has 0 radical (unpaired) electrons. The number of carbonyl (C=O) groups is 1. The molecule has 4 rings (SSSR count). The smallest absolute Gasteiger partial charge is 0.193 e. The maximum atomic E-state index is 13.1. The molecule has 4 aromatic rings. The van der Waals surface area contributed by atoms with E-state index in [-0.39, 0.29) is 11.6 Å². The Kier molecular flexibility index (Phi) is 4.96. The summed E-state index contributed by atoms with van der Waals surface area (Å²) in [6.07, 6.45) is 3.61. The van der Waals surface area contributed by atoms with Crippen molar-refractivity contribution in [1.29, 1.82) is 0 Å². The van der Waals surface area contributed by atoms with Gasteiger partial charge in [-0.15, -0.1) is 0 Å². The van der Waals surface area contributed by atoms with Crippen molar-refractivity contribution in [3.05, 3.63) is 102 Å². The Morgan fingerprint density at radius 2 is 1.55 bits per heavy atom. The average Bonchev–Trinajstić information content (AvgIpc) is 3.19. The fourth-order valence-corrected chi connectivity index (χ4v) is 3.21. The van der Waals surface area contributed by atoms with Gasteiger partial charge in [0, 0.05) is 17.3 Å². The van der Waals surface area contributed by atoms with Crippen LogP contribution < -0.4 is 4.74 Å². The van der Waals surface area contributed by atoms with E-state index >= 15 is 0 Å². The Bertz CT molecular complexity index is 1160. The summed E-state index contributed by atoms with van der Waals surface area (Å²) in [5.74, 6) is 0.224. The summed E-state index contributed by atoms with van der Waals surface area (Å²) >= 11 is 0. The summed E-state index contributed by atoms with van der Waals surface area (Å²) < 4.78 is 20.5. The number of nitrogens with zero attached hydrogens (tertiary/aromatic N) is 2. The minimum atomic E-state index is -0.274. The second kappa shape index (κ2) is 7.72. The van der Waals surface area contributed by atoms with E-state index in [1.54, 1.807) is 49.8 Å². The third kappa shape index (κ3) is 3.80. The molecule has 0 unspecified atom stereocenters. The highest BCUT2D eigenvalue weighted by molar-refractivity contribution is 6.09. The van der Waals surface area contributed by atoms with Crippen molar-refractivity contribution in [2.75, 3.05) is 7.11 Å². The quantitative estimate of drug-likeness (QED) is 0.441. The van der Waals surface area contributed by atoms with E-state index in [0.717, 1.165) is 22.5 Å². The zero-order valence-corrected chi connectivity index (χ0v) is 16.1. The fraction of sp³-hybridized carbons (Fsp3) is 0.0833. The lowest BCUT2D eigenvalue weighted by Gasteiger charge is -2.11. The molecule has 0 aliphatic heterocycles. The van der Waals surface area contributed by atoms with Gasteiger partial charge in [0.1, 0.15) is 11.6 Å². The monoisotopic (exact) mass is 386 g/mol. The molecule has 0 spiro atoms. The third-order valence-electron chi connectivity index (χ3n) is 4.76. The van der Waals surface area contributed by atoms with Crippen LogP contribution in [0.1, 0.15) is 21.6 Å². The maximum Gasteiger partial charge on any atom is 0.193 e. The molecule has 4 nitrogen and oxygen atoms in total. The van der Waals surface area contributed by atoms with E-state index in [4.69, 9.17) is 4.74 Å². The number of hydrogen-bond donors (Lipinski definition) is 0. The summed E-state index contributed by atoms with van der Waals surface area (Å²) in [5.41, 5.74) is 4.64. The van der Waals surface area contributed by atoms with Crippen molar-refractivity contribution < 1.29 is 13.9 Å². The highest BCUT2D eigenvalue weighted by Gasteiger charge is 2.14. The molecule has 0 saturated carbocycles. The highest BCUT2D eigenvalue weighted by atomic mass is 19.1. The van der Waals surface area contributed by atoms with E-state index in [0.29, 0.717) is 16.9 Å². The van der Waals surface area contributed by atoms with Crippen molar-refractivity contribution in [1.82, 2.24) is 9.55 Å². The number of methoxy groups -OCH3 is 1. The van der Waals surface area contributed by atoms with Gasteiger partial charge in [-0.25, -0.2) is 9.37 Å². The van der Waals surface area contributed by atoms with Crippen LogP contribution in [-0.2, 0) is 0 Å². The molecule has 0 aliphatic rings. The predicted molar refractivity (Wildman–Crippen MR) is 110 cm³/mol. The summed E-state index contributed by atoms with van der Waals surface area (Å²) in [6, 6.07) is 18.9. The molecule has 29 heavy (non-hydrogen) atoms. The lowest BCUT2D eigenvalue weighted by Crippen LogP contribution is -2.03. The van der Waals surface area contributed by atoms with Gasteiger partial charge < -0.3 is 9.30 Å².